The molecule has 1 aliphatic carbocycles. The van der Waals surface area contributed by atoms with Crippen LogP contribution in [0.2, 0.25) is 0 Å². The third kappa shape index (κ3) is 13.3. The molecule has 1 aromatic carbocycles. The zero-order valence-corrected chi connectivity index (χ0v) is 45.7. The number of carbonyl (C=O) groups is 1. The zero-order chi connectivity index (χ0) is 52.9. The Morgan fingerprint density at radius 3 is 2.14 bits per heavy atom. The van der Waals surface area contributed by atoms with E-state index in [0.717, 1.165) is 25.7 Å². The van der Waals surface area contributed by atoms with Gasteiger partial charge in [-0.15, -0.1) is 0 Å². The monoisotopic (exact) mass is 1030 g/mol. The van der Waals surface area contributed by atoms with Crippen LogP contribution in [0.3, 0.4) is 0 Å². The van der Waals surface area contributed by atoms with E-state index in [1.54, 1.807) is 67.5 Å². The van der Waals surface area contributed by atoms with Gasteiger partial charge in [-0.1, -0.05) is 47.0 Å². The van der Waals surface area contributed by atoms with Gasteiger partial charge in [0.2, 0.25) is 10.0 Å². The number of nitrogens with zero attached hydrogens (tertiary/aromatic N) is 1. The van der Waals surface area contributed by atoms with Gasteiger partial charge in [0.25, 0.3) is 0 Å². The molecule has 1 aromatic rings. The second-order valence-electron chi connectivity index (χ2n) is 22.0. The van der Waals surface area contributed by atoms with Gasteiger partial charge in [0.1, 0.15) is 40.9 Å². The Bertz CT molecular complexity index is 1940. The number of nitrogens with one attached hydrogen (secondary N) is 2. The normalized spacial score (nSPS) is 42.0. The Balaban J connectivity index is 1.61. The number of cyclic esters (lactones) is 1. The summed E-state index contributed by atoms with van der Waals surface area (Å²) in [5.74, 6) is -2.64. The van der Waals surface area contributed by atoms with Crippen molar-refractivity contribution in [2.75, 3.05) is 33.9 Å². The highest BCUT2D eigenvalue weighted by molar-refractivity contribution is 7.89. The largest absolute Gasteiger partial charge is 0.497 e. The molecule has 18 nitrogen and oxygen atoms in total. The van der Waals surface area contributed by atoms with Crippen LogP contribution < -0.4 is 15.4 Å². The summed E-state index contributed by atoms with van der Waals surface area (Å²) in [5, 5.41) is 67.8. The molecule has 0 aromatic heterocycles. The number of hydrogen-bond acceptors (Lipinski definition) is 17. The molecule has 0 spiro atoms. The number of sulfonamides is 1. The molecule has 4 aliphatic rings. The van der Waals surface area contributed by atoms with Gasteiger partial charge in [-0.05, 0) is 130 Å². The van der Waals surface area contributed by atoms with Gasteiger partial charge >= 0.3 is 5.97 Å². The fourth-order valence-corrected chi connectivity index (χ4v) is 13.7. The molecule has 0 amide bonds. The van der Waals surface area contributed by atoms with Gasteiger partial charge in [-0.3, -0.25) is 4.79 Å². The van der Waals surface area contributed by atoms with Crippen molar-refractivity contribution >= 4 is 16.0 Å². The van der Waals surface area contributed by atoms with E-state index in [0.29, 0.717) is 31.7 Å². The van der Waals surface area contributed by atoms with E-state index in [-0.39, 0.29) is 43.0 Å². The van der Waals surface area contributed by atoms with Crippen molar-refractivity contribution in [1.29, 1.82) is 0 Å². The van der Waals surface area contributed by atoms with Crippen LogP contribution in [0, 0.1) is 17.8 Å². The van der Waals surface area contributed by atoms with Crippen LogP contribution in [0.15, 0.2) is 29.2 Å². The molecule has 0 unspecified atom stereocenters. The van der Waals surface area contributed by atoms with E-state index in [1.165, 1.54) is 37.6 Å². The van der Waals surface area contributed by atoms with Crippen LogP contribution >= 0.6 is 0 Å². The summed E-state index contributed by atoms with van der Waals surface area (Å²) in [4.78, 5) is 14.7. The maximum absolute atomic E-state index is 14.9. The number of ether oxygens (including phenoxy) is 7. The molecule has 410 valence electrons. The molecule has 1 saturated carbocycles. The Morgan fingerprint density at radius 2 is 1.55 bits per heavy atom. The summed E-state index contributed by atoms with van der Waals surface area (Å²) < 4.78 is 75.7. The van der Waals surface area contributed by atoms with Crippen molar-refractivity contribution in [3.8, 4) is 5.75 Å². The highest BCUT2D eigenvalue weighted by Crippen LogP contribution is 2.44. The zero-order valence-electron chi connectivity index (χ0n) is 44.8. The summed E-state index contributed by atoms with van der Waals surface area (Å²) in [6.45, 7) is 20.3. The van der Waals surface area contributed by atoms with Gasteiger partial charge in [0.15, 0.2) is 12.6 Å². The second-order valence-corrected chi connectivity index (χ2v) is 23.9. The molecule has 3 aliphatic heterocycles. The first-order valence-electron chi connectivity index (χ1n) is 26.2. The maximum atomic E-state index is 14.9. The number of carbonyl (C=O) groups excluding carboxylic acids is 1. The molecule has 5 rings (SSSR count). The van der Waals surface area contributed by atoms with Gasteiger partial charge in [-0.2, -0.15) is 4.31 Å². The summed E-state index contributed by atoms with van der Waals surface area (Å²) >= 11 is 0. The topological polar surface area (TPSA) is 244 Å². The number of hydrogen-bond donors (Lipinski definition) is 7. The van der Waals surface area contributed by atoms with Gasteiger partial charge in [0.05, 0.1) is 54.0 Å². The maximum Gasteiger partial charge on any atom is 0.311 e. The van der Waals surface area contributed by atoms with E-state index >= 15 is 0 Å². The Kier molecular flexibility index (Phi) is 20.8. The van der Waals surface area contributed by atoms with Crippen molar-refractivity contribution in [2.24, 2.45) is 17.8 Å². The molecule has 0 bridgehead atoms. The lowest BCUT2D eigenvalue weighted by atomic mass is 9.75. The Hall–Kier alpha value is -2.08. The van der Waals surface area contributed by atoms with Crippen LogP contribution in [-0.2, 0) is 43.2 Å². The van der Waals surface area contributed by atoms with E-state index in [1.807, 2.05) is 13.8 Å². The first kappa shape index (κ1) is 59.8. The standard InChI is InChI=1S/C52H91N3O15S/c1-14-25-53-30-52(61)36(8)67-42(28-50(52,10)65-13)69-44-33(5)46(49(9,59)27-31(3)29-54-35(7)45(57)51(11,60)41(15-2)68-47(58)34(44)6)70-48-43(56)40(26-32(4)66-48)55(37-19-17-16-18-20-37)71(62,63)39-23-21-38(64-12)22-24-39/h21-24,31-37,40-46,48,53-54,56-57,59-61H,14-20,25-30H2,1-13H3/t31-,32-,33+,34-,35-,36+,40+,41-,42+,43-,44+,45-,46-,48+,49-,50-,51-,52+/m1/s1. The Morgan fingerprint density at radius 1 is 0.901 bits per heavy atom. The lowest BCUT2D eigenvalue weighted by Crippen LogP contribution is -2.70. The van der Waals surface area contributed by atoms with Crippen LogP contribution in [-0.4, -0.2) is 174 Å². The highest BCUT2D eigenvalue weighted by atomic mass is 32.2. The Labute approximate surface area is 424 Å². The fourth-order valence-electron chi connectivity index (χ4n) is 11.8. The number of aliphatic hydroxyl groups excluding tert-OH is 2. The van der Waals surface area contributed by atoms with Crippen LogP contribution in [0.4, 0.5) is 0 Å². The van der Waals surface area contributed by atoms with Gasteiger partial charge < -0.3 is 69.3 Å². The van der Waals surface area contributed by atoms with Crippen molar-refractivity contribution < 1.29 is 71.9 Å². The number of aliphatic hydroxyl groups is 5. The van der Waals surface area contributed by atoms with E-state index in [9.17, 15) is 38.7 Å². The van der Waals surface area contributed by atoms with Crippen molar-refractivity contribution in [2.45, 2.75) is 241 Å². The predicted molar refractivity (Wildman–Crippen MR) is 267 cm³/mol. The molecule has 19 heteroatoms. The molecule has 7 N–H and O–H groups in total. The first-order chi connectivity index (χ1) is 33.2. The van der Waals surface area contributed by atoms with Gasteiger partial charge in [-0.25, -0.2) is 8.42 Å². The van der Waals surface area contributed by atoms with Crippen molar-refractivity contribution in [3.05, 3.63) is 24.3 Å². The molecule has 4 fully saturated rings. The lowest BCUT2D eigenvalue weighted by molar-refractivity contribution is -0.336. The molecule has 3 saturated heterocycles. The number of benzene rings is 1. The summed E-state index contributed by atoms with van der Waals surface area (Å²) in [5.41, 5.74) is -6.35. The molecule has 18 atom stereocenters. The van der Waals surface area contributed by atoms with Crippen molar-refractivity contribution in [1.82, 2.24) is 14.9 Å². The van der Waals surface area contributed by atoms with Crippen molar-refractivity contribution in [3.63, 3.8) is 0 Å². The molecular formula is C52H91N3O15S. The molecule has 71 heavy (non-hydrogen) atoms. The number of methoxy groups -OCH3 is 2. The van der Waals surface area contributed by atoms with Gasteiger partial charge in [0, 0.05) is 38.1 Å². The van der Waals surface area contributed by atoms with Crippen LogP contribution in [0.1, 0.15) is 140 Å². The summed E-state index contributed by atoms with van der Waals surface area (Å²) in [7, 11) is -1.19. The number of esters is 1. The first-order valence-corrected chi connectivity index (χ1v) is 27.7. The SMILES string of the molecule is CCCNC[C@]1(O)[C@H](C)O[C@@H](O[C@H]2[C@H](C)[C@@H](O[C@@H]3O[C@H](C)C[C@H](N(C4CCCCC4)S(=O)(=O)c4ccc(OC)cc4)[C@H]3O)[C@](C)(O)C[C@@H](C)CN[C@H](C)[C@@H](O)[C@](C)(O)[C@@H](CC)OC(=O)[C@@H]2C)C[C@@]1(C)OC. The van der Waals surface area contributed by atoms with Crippen LogP contribution in [0.25, 0.3) is 0 Å². The minimum Gasteiger partial charge on any atom is -0.497 e. The quantitative estimate of drug-likeness (QED) is 0.0951. The number of rotatable bonds is 15. The minimum absolute atomic E-state index is 0.0213. The molecule has 3 heterocycles. The average molecular weight is 1030 g/mol. The van der Waals surface area contributed by atoms with Crippen LogP contribution in [0.5, 0.6) is 5.75 Å². The second kappa shape index (κ2) is 24.7. The summed E-state index contributed by atoms with van der Waals surface area (Å²) in [6, 6.07) is 4.13. The highest BCUT2D eigenvalue weighted by Gasteiger charge is 2.59. The van der Waals surface area contributed by atoms with E-state index in [2.05, 4.69) is 10.6 Å². The minimum atomic E-state index is -4.21. The van der Waals surface area contributed by atoms with E-state index in [4.69, 9.17) is 33.2 Å². The smallest absolute Gasteiger partial charge is 0.311 e. The molecular weight excluding hydrogens is 939 g/mol. The lowest BCUT2D eigenvalue weighted by Gasteiger charge is -2.53. The fraction of sp³-hybridized carbons (Fsp3) is 0.865. The average Bonchev–Trinajstić information content (AvgIpc) is 3.33. The third-order valence-corrected chi connectivity index (χ3v) is 18.2. The summed E-state index contributed by atoms with van der Waals surface area (Å²) in [6.07, 6.45) is -5.44. The molecule has 0 radical (unpaired) electrons. The predicted octanol–water partition coefficient (Wildman–Crippen LogP) is 4.40. The third-order valence-electron chi connectivity index (χ3n) is 16.2. The van der Waals surface area contributed by atoms with E-state index < -0.39 is 124 Å².